The molecule has 0 radical (unpaired) electrons. The van der Waals surface area contributed by atoms with Crippen LogP contribution in [0.15, 0.2) is 0 Å². The fourth-order valence-electron chi connectivity index (χ4n) is 1.88. The summed E-state index contributed by atoms with van der Waals surface area (Å²) in [6.07, 6.45) is 5.72. The Balaban J connectivity index is 2.48. The zero-order valence-corrected chi connectivity index (χ0v) is 10.8. The van der Waals surface area contributed by atoms with Gasteiger partial charge in [-0.3, -0.25) is 0 Å². The number of carbonyl (C=O) groups excluding carboxylic acids is 1. The standard InChI is InChI=1S/C13H21NO3/c1-5-6-7-10-8-14(9-11(10)15)12(16)17-13(2,3)4/h1,10-11,15H,6-9H2,2-4H3/t10-,11-/m1/s1. The summed E-state index contributed by atoms with van der Waals surface area (Å²) in [4.78, 5) is 13.3. The minimum absolute atomic E-state index is 0.0681. The van der Waals surface area contributed by atoms with Gasteiger partial charge in [0.2, 0.25) is 0 Å². The molecule has 96 valence electrons. The SMILES string of the molecule is C#CCC[C@@H]1CN(C(=O)OC(C)(C)C)C[C@H]1O. The molecule has 1 aliphatic rings. The van der Waals surface area contributed by atoms with Crippen molar-refractivity contribution >= 4 is 6.09 Å². The van der Waals surface area contributed by atoms with E-state index in [1.54, 1.807) is 4.90 Å². The third-order valence-corrected chi connectivity index (χ3v) is 2.72. The average molecular weight is 239 g/mol. The van der Waals surface area contributed by atoms with E-state index in [1.165, 1.54) is 0 Å². The van der Waals surface area contributed by atoms with Gasteiger partial charge in [-0.25, -0.2) is 4.79 Å². The van der Waals surface area contributed by atoms with Gasteiger partial charge in [0, 0.05) is 18.9 Å². The van der Waals surface area contributed by atoms with Crippen LogP contribution in [-0.4, -0.2) is 40.9 Å². The van der Waals surface area contributed by atoms with Crippen LogP contribution in [0, 0.1) is 18.3 Å². The van der Waals surface area contributed by atoms with Crippen molar-refractivity contribution < 1.29 is 14.6 Å². The van der Waals surface area contributed by atoms with Crippen LogP contribution in [0.1, 0.15) is 33.6 Å². The van der Waals surface area contributed by atoms with Crippen LogP contribution < -0.4 is 0 Å². The fraction of sp³-hybridized carbons (Fsp3) is 0.769. The second-order valence-electron chi connectivity index (χ2n) is 5.46. The highest BCUT2D eigenvalue weighted by atomic mass is 16.6. The van der Waals surface area contributed by atoms with Crippen molar-refractivity contribution in [2.75, 3.05) is 13.1 Å². The lowest BCUT2D eigenvalue weighted by Crippen LogP contribution is -2.35. The number of β-amino-alcohol motifs (C(OH)–C–C–N with tert-alkyl or cyclic N) is 1. The molecule has 1 rings (SSSR count). The van der Waals surface area contributed by atoms with E-state index in [4.69, 9.17) is 11.2 Å². The first kappa shape index (κ1) is 13.9. The number of nitrogens with zero attached hydrogens (tertiary/aromatic N) is 1. The maximum atomic E-state index is 11.8. The fourth-order valence-corrected chi connectivity index (χ4v) is 1.88. The molecule has 0 saturated carbocycles. The molecule has 1 N–H and O–H groups in total. The quantitative estimate of drug-likeness (QED) is 0.745. The van der Waals surface area contributed by atoms with Gasteiger partial charge in [-0.05, 0) is 27.2 Å². The van der Waals surface area contributed by atoms with Crippen molar-refractivity contribution in [3.63, 3.8) is 0 Å². The number of hydrogen-bond donors (Lipinski definition) is 1. The maximum absolute atomic E-state index is 11.8. The van der Waals surface area contributed by atoms with Gasteiger partial charge in [0.05, 0.1) is 12.6 Å². The Kier molecular flexibility index (Phi) is 4.41. The topological polar surface area (TPSA) is 49.8 Å². The van der Waals surface area contributed by atoms with E-state index >= 15 is 0 Å². The molecule has 0 aromatic heterocycles. The normalized spacial score (nSPS) is 24.5. The second-order valence-corrected chi connectivity index (χ2v) is 5.46. The van der Waals surface area contributed by atoms with Crippen LogP contribution in [0.25, 0.3) is 0 Å². The van der Waals surface area contributed by atoms with E-state index in [2.05, 4.69) is 5.92 Å². The molecule has 0 unspecified atom stereocenters. The second kappa shape index (κ2) is 5.42. The molecule has 4 heteroatoms. The number of aliphatic hydroxyl groups excluding tert-OH is 1. The van der Waals surface area contributed by atoms with Crippen molar-refractivity contribution in [3.8, 4) is 12.3 Å². The van der Waals surface area contributed by atoms with Crippen molar-refractivity contribution in [3.05, 3.63) is 0 Å². The number of amides is 1. The van der Waals surface area contributed by atoms with Gasteiger partial charge in [0.25, 0.3) is 0 Å². The van der Waals surface area contributed by atoms with Crippen molar-refractivity contribution in [1.29, 1.82) is 0 Å². The summed E-state index contributed by atoms with van der Waals surface area (Å²) in [5.74, 6) is 2.62. The van der Waals surface area contributed by atoms with E-state index in [9.17, 15) is 9.90 Å². The molecule has 0 bridgehead atoms. The molecule has 1 fully saturated rings. The van der Waals surface area contributed by atoms with Crippen molar-refractivity contribution in [2.24, 2.45) is 5.92 Å². The van der Waals surface area contributed by atoms with Gasteiger partial charge < -0.3 is 14.7 Å². The summed E-state index contributed by atoms with van der Waals surface area (Å²) in [7, 11) is 0. The largest absolute Gasteiger partial charge is 0.444 e. The highest BCUT2D eigenvalue weighted by Gasteiger charge is 2.35. The molecule has 0 aromatic rings. The molecule has 1 saturated heterocycles. The van der Waals surface area contributed by atoms with Crippen LogP contribution in [0.4, 0.5) is 4.79 Å². The Morgan fingerprint density at radius 3 is 2.71 bits per heavy atom. The summed E-state index contributed by atoms with van der Waals surface area (Å²) >= 11 is 0. The molecule has 1 aliphatic heterocycles. The molecule has 0 aliphatic carbocycles. The Morgan fingerprint density at radius 1 is 1.53 bits per heavy atom. The summed E-state index contributed by atoms with van der Waals surface area (Å²) in [5, 5.41) is 9.82. The maximum Gasteiger partial charge on any atom is 0.410 e. The van der Waals surface area contributed by atoms with Gasteiger partial charge in [0.1, 0.15) is 5.60 Å². The summed E-state index contributed by atoms with van der Waals surface area (Å²) in [5.41, 5.74) is -0.501. The molecular formula is C13H21NO3. The number of carbonyl (C=O) groups is 1. The number of terminal acetylenes is 1. The lowest BCUT2D eigenvalue weighted by molar-refractivity contribution is 0.0269. The molecule has 0 aromatic carbocycles. The van der Waals surface area contributed by atoms with E-state index in [0.29, 0.717) is 19.5 Å². The minimum atomic E-state index is -0.501. The van der Waals surface area contributed by atoms with Gasteiger partial charge in [-0.1, -0.05) is 0 Å². The predicted octanol–water partition coefficient (Wildman–Crippen LogP) is 1.63. The third-order valence-electron chi connectivity index (χ3n) is 2.72. The van der Waals surface area contributed by atoms with Crippen molar-refractivity contribution in [2.45, 2.75) is 45.3 Å². The van der Waals surface area contributed by atoms with Crippen LogP contribution >= 0.6 is 0 Å². The van der Waals surface area contributed by atoms with Gasteiger partial charge >= 0.3 is 6.09 Å². The number of aliphatic hydroxyl groups is 1. The smallest absolute Gasteiger partial charge is 0.410 e. The van der Waals surface area contributed by atoms with Gasteiger partial charge in [-0.15, -0.1) is 12.3 Å². The van der Waals surface area contributed by atoms with E-state index in [1.807, 2.05) is 20.8 Å². The molecule has 1 heterocycles. The van der Waals surface area contributed by atoms with Crippen LogP contribution in [0.3, 0.4) is 0 Å². The third kappa shape index (κ3) is 4.27. The molecule has 4 nitrogen and oxygen atoms in total. The molecule has 2 atom stereocenters. The zero-order valence-electron chi connectivity index (χ0n) is 10.8. The summed E-state index contributed by atoms with van der Waals surface area (Å²) in [6, 6.07) is 0. The molecule has 17 heavy (non-hydrogen) atoms. The highest BCUT2D eigenvalue weighted by molar-refractivity contribution is 5.68. The number of likely N-dealkylation sites (tertiary alicyclic amines) is 1. The van der Waals surface area contributed by atoms with Crippen molar-refractivity contribution in [1.82, 2.24) is 4.90 Å². The first-order valence-corrected chi connectivity index (χ1v) is 5.93. The van der Waals surface area contributed by atoms with Gasteiger partial charge in [-0.2, -0.15) is 0 Å². The summed E-state index contributed by atoms with van der Waals surface area (Å²) in [6.45, 7) is 6.34. The van der Waals surface area contributed by atoms with Crippen LogP contribution in [-0.2, 0) is 4.74 Å². The molecule has 0 spiro atoms. The van der Waals surface area contributed by atoms with E-state index in [0.717, 1.165) is 6.42 Å². The Hall–Kier alpha value is -1.21. The van der Waals surface area contributed by atoms with E-state index in [-0.39, 0.29) is 12.0 Å². The first-order chi connectivity index (χ1) is 7.83. The highest BCUT2D eigenvalue weighted by Crippen LogP contribution is 2.23. The number of hydrogen-bond acceptors (Lipinski definition) is 3. The first-order valence-electron chi connectivity index (χ1n) is 5.93. The summed E-state index contributed by atoms with van der Waals surface area (Å²) < 4.78 is 5.26. The Morgan fingerprint density at radius 2 is 2.18 bits per heavy atom. The average Bonchev–Trinajstić information content (AvgIpc) is 2.54. The van der Waals surface area contributed by atoms with Crippen LogP contribution in [0.2, 0.25) is 0 Å². The Bertz CT molecular complexity index is 314. The van der Waals surface area contributed by atoms with Crippen LogP contribution in [0.5, 0.6) is 0 Å². The molecule has 1 amide bonds. The number of rotatable bonds is 2. The monoisotopic (exact) mass is 239 g/mol. The minimum Gasteiger partial charge on any atom is -0.444 e. The lowest BCUT2D eigenvalue weighted by atomic mass is 10.0. The predicted molar refractivity (Wildman–Crippen MR) is 65.4 cm³/mol. The zero-order chi connectivity index (χ0) is 13.1. The van der Waals surface area contributed by atoms with E-state index < -0.39 is 11.7 Å². The Labute approximate surface area is 103 Å². The van der Waals surface area contributed by atoms with Gasteiger partial charge in [0.15, 0.2) is 0 Å². The molecular weight excluding hydrogens is 218 g/mol. The lowest BCUT2D eigenvalue weighted by Gasteiger charge is -2.24. The number of ether oxygens (including phenoxy) is 1.